The molecule has 0 aliphatic carbocycles. The zero-order chi connectivity index (χ0) is 47.9. The van der Waals surface area contributed by atoms with E-state index in [1.165, 1.54) is 193 Å². The van der Waals surface area contributed by atoms with E-state index in [4.69, 9.17) is 4.74 Å². The van der Waals surface area contributed by atoms with Gasteiger partial charge in [0.05, 0.1) is 25.4 Å². The first-order chi connectivity index (χ1) is 32.5. The first kappa shape index (κ1) is 63.8. The number of carbonyl (C=O) groups is 2. The molecule has 386 valence electrons. The second kappa shape index (κ2) is 55.4. The van der Waals surface area contributed by atoms with E-state index in [2.05, 4.69) is 55.6 Å². The molecule has 2 unspecified atom stereocenters. The molecule has 0 aliphatic heterocycles. The molecule has 6 heteroatoms. The third-order valence-electron chi connectivity index (χ3n) is 13.1. The van der Waals surface area contributed by atoms with Gasteiger partial charge in [0.15, 0.2) is 0 Å². The Morgan fingerprint density at radius 3 is 1.18 bits per heavy atom. The molecule has 0 rings (SSSR count). The summed E-state index contributed by atoms with van der Waals surface area (Å²) in [5.74, 6) is -0.102. The molecule has 1 amide bonds. The first-order valence-corrected chi connectivity index (χ1v) is 28.9. The number of hydrogen-bond acceptors (Lipinski definition) is 5. The van der Waals surface area contributed by atoms with Crippen LogP contribution in [0.25, 0.3) is 0 Å². The fourth-order valence-electron chi connectivity index (χ4n) is 8.60. The van der Waals surface area contributed by atoms with Crippen molar-refractivity contribution in [2.24, 2.45) is 0 Å². The summed E-state index contributed by atoms with van der Waals surface area (Å²) in [4.78, 5) is 24.5. The van der Waals surface area contributed by atoms with Gasteiger partial charge in [-0.2, -0.15) is 0 Å². The Hall–Kier alpha value is -2.18. The Labute approximate surface area is 410 Å². The molecule has 0 bridgehead atoms. The van der Waals surface area contributed by atoms with Crippen molar-refractivity contribution in [2.75, 3.05) is 13.2 Å². The lowest BCUT2D eigenvalue weighted by molar-refractivity contribution is -0.143. The maximum atomic E-state index is 12.5. The van der Waals surface area contributed by atoms with Crippen LogP contribution in [-0.4, -0.2) is 47.4 Å². The summed E-state index contributed by atoms with van der Waals surface area (Å²) in [5, 5.41) is 23.1. The van der Waals surface area contributed by atoms with Crippen molar-refractivity contribution >= 4 is 11.9 Å². The predicted octanol–water partition coefficient (Wildman–Crippen LogP) is 17.8. The van der Waals surface area contributed by atoms with E-state index in [9.17, 15) is 19.8 Å². The zero-order valence-corrected chi connectivity index (χ0v) is 43.9. The first-order valence-electron chi connectivity index (χ1n) is 28.9. The quantitative estimate of drug-likeness (QED) is 0.0321. The van der Waals surface area contributed by atoms with Crippen molar-refractivity contribution in [3.05, 3.63) is 48.6 Å². The highest BCUT2D eigenvalue weighted by Crippen LogP contribution is 2.16. The van der Waals surface area contributed by atoms with E-state index in [1.54, 1.807) is 6.08 Å². The number of unbranched alkanes of at least 4 members (excludes halogenated alkanes) is 36. The lowest BCUT2D eigenvalue weighted by Crippen LogP contribution is -2.45. The Morgan fingerprint density at radius 1 is 0.424 bits per heavy atom. The maximum absolute atomic E-state index is 12.5. The molecular formula is C60H111NO5. The van der Waals surface area contributed by atoms with Crippen LogP contribution in [0.5, 0.6) is 0 Å². The van der Waals surface area contributed by atoms with Crippen LogP contribution >= 0.6 is 0 Å². The van der Waals surface area contributed by atoms with Gasteiger partial charge in [0, 0.05) is 12.8 Å². The number of aliphatic hydroxyl groups is 2. The van der Waals surface area contributed by atoms with Crippen LogP contribution in [0.2, 0.25) is 0 Å². The summed E-state index contributed by atoms with van der Waals surface area (Å²) in [5.41, 5.74) is 0. The zero-order valence-electron chi connectivity index (χ0n) is 43.9. The average molecular weight is 927 g/mol. The SMILES string of the molecule is CCCCCC/C=C\C/C=C\CCCCCCCCCC(=O)OCCCCCC/C=C\CCCCCCCCCC(=O)NC(CO)C(O)/C=C/CCCCCCCCCCCCCCCC. The second-order valence-electron chi connectivity index (χ2n) is 19.6. The predicted molar refractivity (Wildman–Crippen MR) is 287 cm³/mol. The molecule has 0 heterocycles. The van der Waals surface area contributed by atoms with E-state index in [-0.39, 0.29) is 18.5 Å². The van der Waals surface area contributed by atoms with Gasteiger partial charge in [-0.25, -0.2) is 0 Å². The third kappa shape index (κ3) is 51.2. The second-order valence-corrected chi connectivity index (χ2v) is 19.6. The summed E-state index contributed by atoms with van der Waals surface area (Å²) in [6.07, 6.45) is 69.8. The summed E-state index contributed by atoms with van der Waals surface area (Å²) in [6.45, 7) is 4.85. The monoisotopic (exact) mass is 926 g/mol. The highest BCUT2D eigenvalue weighted by Gasteiger charge is 2.18. The van der Waals surface area contributed by atoms with Crippen LogP contribution in [0, 0.1) is 0 Å². The van der Waals surface area contributed by atoms with Gasteiger partial charge < -0.3 is 20.3 Å². The van der Waals surface area contributed by atoms with Gasteiger partial charge in [0.1, 0.15) is 0 Å². The number of amides is 1. The van der Waals surface area contributed by atoms with E-state index < -0.39 is 12.1 Å². The van der Waals surface area contributed by atoms with Crippen molar-refractivity contribution in [2.45, 2.75) is 309 Å². The summed E-state index contributed by atoms with van der Waals surface area (Å²) < 4.78 is 5.47. The van der Waals surface area contributed by atoms with Crippen LogP contribution in [0.1, 0.15) is 296 Å². The Morgan fingerprint density at radius 2 is 0.758 bits per heavy atom. The maximum Gasteiger partial charge on any atom is 0.305 e. The molecule has 66 heavy (non-hydrogen) atoms. The number of allylic oxidation sites excluding steroid dienone is 7. The third-order valence-corrected chi connectivity index (χ3v) is 13.1. The summed E-state index contributed by atoms with van der Waals surface area (Å²) in [7, 11) is 0. The van der Waals surface area contributed by atoms with Gasteiger partial charge in [-0.05, 0) is 89.9 Å². The average Bonchev–Trinajstić information content (AvgIpc) is 3.32. The van der Waals surface area contributed by atoms with Crippen LogP contribution in [0.15, 0.2) is 48.6 Å². The number of ether oxygens (including phenoxy) is 1. The normalized spacial score (nSPS) is 13.0. The van der Waals surface area contributed by atoms with Crippen molar-refractivity contribution in [3.63, 3.8) is 0 Å². The van der Waals surface area contributed by atoms with Crippen molar-refractivity contribution in [3.8, 4) is 0 Å². The molecule has 3 N–H and O–H groups in total. The summed E-state index contributed by atoms with van der Waals surface area (Å²) in [6, 6.07) is -0.640. The van der Waals surface area contributed by atoms with E-state index in [1.807, 2.05) is 6.08 Å². The molecule has 0 spiro atoms. The number of esters is 1. The summed E-state index contributed by atoms with van der Waals surface area (Å²) >= 11 is 0. The van der Waals surface area contributed by atoms with E-state index in [0.717, 1.165) is 77.0 Å². The van der Waals surface area contributed by atoms with E-state index >= 15 is 0 Å². The molecule has 0 aromatic heterocycles. The highest BCUT2D eigenvalue weighted by atomic mass is 16.5. The van der Waals surface area contributed by atoms with Gasteiger partial charge >= 0.3 is 5.97 Å². The molecule has 0 saturated carbocycles. The number of rotatable bonds is 53. The van der Waals surface area contributed by atoms with Gasteiger partial charge in [-0.1, -0.05) is 242 Å². The lowest BCUT2D eigenvalue weighted by Gasteiger charge is -2.20. The molecular weight excluding hydrogens is 815 g/mol. The molecule has 0 radical (unpaired) electrons. The van der Waals surface area contributed by atoms with Gasteiger partial charge in [0.2, 0.25) is 5.91 Å². The van der Waals surface area contributed by atoms with Gasteiger partial charge in [0.25, 0.3) is 0 Å². The minimum atomic E-state index is -0.856. The van der Waals surface area contributed by atoms with Gasteiger partial charge in [-0.3, -0.25) is 9.59 Å². The molecule has 0 aromatic rings. The lowest BCUT2D eigenvalue weighted by atomic mass is 10.0. The van der Waals surface area contributed by atoms with Crippen molar-refractivity contribution in [1.82, 2.24) is 5.32 Å². The molecule has 2 atom stereocenters. The van der Waals surface area contributed by atoms with Crippen LogP contribution in [-0.2, 0) is 14.3 Å². The van der Waals surface area contributed by atoms with Crippen LogP contribution in [0.4, 0.5) is 0 Å². The number of carbonyl (C=O) groups excluding carboxylic acids is 2. The highest BCUT2D eigenvalue weighted by molar-refractivity contribution is 5.76. The Bertz CT molecular complexity index is 1110. The molecule has 0 aromatic carbocycles. The van der Waals surface area contributed by atoms with Crippen molar-refractivity contribution in [1.29, 1.82) is 0 Å². The van der Waals surface area contributed by atoms with E-state index in [0.29, 0.717) is 19.4 Å². The topological polar surface area (TPSA) is 95.9 Å². The molecule has 0 saturated heterocycles. The Kier molecular flexibility index (Phi) is 53.6. The Balaban J connectivity index is 3.51. The smallest absolute Gasteiger partial charge is 0.305 e. The standard InChI is InChI=1S/C60H111NO5/c1-3-5-7-9-11-13-15-17-19-21-22-26-30-34-38-42-46-50-54-60(65)66-55-51-47-43-39-35-31-27-23-25-29-33-37-41-45-49-53-59(64)61-57(56-62)58(63)52-48-44-40-36-32-28-24-20-18-16-14-12-10-8-6-4-2/h13,15,19,21,27,31,48,52,57-58,62-63H,3-12,14,16-18,20,22-26,28-30,32-47,49-51,53-56H2,1-2H3,(H,61,64)/b15-13-,21-19-,31-27-,52-48+. The minimum absolute atomic E-state index is 0.0190. The minimum Gasteiger partial charge on any atom is -0.466 e. The molecule has 0 fully saturated rings. The van der Waals surface area contributed by atoms with Crippen LogP contribution in [0.3, 0.4) is 0 Å². The van der Waals surface area contributed by atoms with Crippen LogP contribution < -0.4 is 5.32 Å². The van der Waals surface area contributed by atoms with Gasteiger partial charge in [-0.15, -0.1) is 0 Å². The number of nitrogens with one attached hydrogen (secondary N) is 1. The number of hydrogen-bond donors (Lipinski definition) is 3. The molecule has 0 aliphatic rings. The fourth-order valence-corrected chi connectivity index (χ4v) is 8.60. The fraction of sp³-hybridized carbons (Fsp3) is 0.833. The molecule has 6 nitrogen and oxygen atoms in total. The largest absolute Gasteiger partial charge is 0.466 e. The van der Waals surface area contributed by atoms with Crippen molar-refractivity contribution < 1.29 is 24.5 Å². The number of aliphatic hydroxyl groups excluding tert-OH is 2.